The predicted octanol–water partition coefficient (Wildman–Crippen LogP) is 2.82. The Bertz CT molecular complexity index is 697. The fourth-order valence-electron chi connectivity index (χ4n) is 2.55. The van der Waals surface area contributed by atoms with Gasteiger partial charge >= 0.3 is 0 Å². The van der Waals surface area contributed by atoms with Crippen LogP contribution in [0.1, 0.15) is 18.7 Å². The fraction of sp³-hybridized carbons (Fsp3) is 0.267. The highest BCUT2D eigenvalue weighted by atomic mass is 32.2. The highest BCUT2D eigenvalue weighted by Crippen LogP contribution is 2.40. The number of H-pyrrole nitrogens is 1. The molecular weight excluding hydrogens is 284 g/mol. The van der Waals surface area contributed by atoms with Gasteiger partial charge in [0, 0.05) is 16.9 Å². The number of hydrogen-bond donors (Lipinski definition) is 1. The van der Waals surface area contributed by atoms with Gasteiger partial charge in [0.05, 0.1) is 11.5 Å². The number of aromatic nitrogens is 4. The highest BCUT2D eigenvalue weighted by molar-refractivity contribution is 8.04. The molecule has 0 radical (unpaired) electrons. The topological polar surface area (TPSA) is 63.7 Å². The second-order valence-electron chi connectivity index (χ2n) is 5.09. The summed E-state index contributed by atoms with van der Waals surface area (Å²) in [5.74, 6) is 1.70. The van der Waals surface area contributed by atoms with Crippen LogP contribution in [0.15, 0.2) is 58.5 Å². The highest BCUT2D eigenvalue weighted by Gasteiger charge is 2.23. The van der Waals surface area contributed by atoms with Gasteiger partial charge in [0.1, 0.15) is 5.76 Å². The molecule has 1 aromatic heterocycles. The van der Waals surface area contributed by atoms with Crippen molar-refractivity contribution in [1.82, 2.24) is 20.6 Å². The Hall–Kier alpha value is -2.08. The van der Waals surface area contributed by atoms with E-state index in [0.717, 1.165) is 18.6 Å². The van der Waals surface area contributed by atoms with E-state index in [9.17, 15) is 0 Å². The summed E-state index contributed by atoms with van der Waals surface area (Å²) in [4.78, 5) is 1.34. The van der Waals surface area contributed by atoms with Gasteiger partial charge in [0.2, 0.25) is 0 Å². The van der Waals surface area contributed by atoms with E-state index >= 15 is 0 Å². The quantitative estimate of drug-likeness (QED) is 0.909. The number of nitrogens with zero attached hydrogens (tertiary/aromatic N) is 3. The normalized spacial score (nSPS) is 23.7. The summed E-state index contributed by atoms with van der Waals surface area (Å²) in [6.45, 7) is 0. The second kappa shape index (κ2) is 5.37. The van der Waals surface area contributed by atoms with Crippen molar-refractivity contribution in [3.8, 4) is 0 Å². The summed E-state index contributed by atoms with van der Waals surface area (Å²) in [6.07, 6.45) is 15.5. The zero-order chi connectivity index (χ0) is 14.1. The van der Waals surface area contributed by atoms with E-state index in [4.69, 9.17) is 4.74 Å². The van der Waals surface area contributed by atoms with Crippen molar-refractivity contribution in [3.05, 3.63) is 64.3 Å². The van der Waals surface area contributed by atoms with E-state index < -0.39 is 0 Å². The number of thioether (sulfide) groups is 1. The smallest absolute Gasteiger partial charge is 0.178 e. The maximum atomic E-state index is 5.84. The lowest BCUT2D eigenvalue weighted by molar-refractivity contribution is 0.360. The monoisotopic (exact) mass is 298 g/mol. The molecule has 21 heavy (non-hydrogen) atoms. The van der Waals surface area contributed by atoms with Crippen LogP contribution < -0.4 is 0 Å². The van der Waals surface area contributed by atoms with Gasteiger partial charge < -0.3 is 4.74 Å². The molecule has 0 saturated heterocycles. The number of fused-ring (bicyclic) bond motifs is 1. The van der Waals surface area contributed by atoms with Crippen LogP contribution in [0.4, 0.5) is 0 Å². The number of hydrogen-bond acceptors (Lipinski definition) is 5. The van der Waals surface area contributed by atoms with Crippen molar-refractivity contribution >= 4 is 11.8 Å². The molecule has 106 valence electrons. The minimum absolute atomic E-state index is 0.331. The zero-order valence-corrected chi connectivity index (χ0v) is 12.1. The van der Waals surface area contributed by atoms with Crippen LogP contribution in [0.3, 0.4) is 0 Å². The molecule has 0 spiro atoms. The van der Waals surface area contributed by atoms with Crippen LogP contribution >= 0.6 is 11.8 Å². The van der Waals surface area contributed by atoms with E-state index in [1.54, 1.807) is 0 Å². The number of nitrogens with one attached hydrogen (secondary N) is 1. The molecule has 0 fully saturated rings. The van der Waals surface area contributed by atoms with Crippen LogP contribution in [-0.2, 0) is 11.2 Å². The van der Waals surface area contributed by atoms with Gasteiger partial charge in [-0.2, -0.15) is 5.21 Å². The first-order chi connectivity index (χ1) is 10.4. The van der Waals surface area contributed by atoms with E-state index in [1.807, 2.05) is 18.0 Å². The summed E-state index contributed by atoms with van der Waals surface area (Å²) < 4.78 is 5.84. The molecule has 1 N–H and O–H groups in total. The minimum Gasteiger partial charge on any atom is -0.464 e. The number of ether oxygens (including phenoxy) is 1. The van der Waals surface area contributed by atoms with Gasteiger partial charge in [-0.05, 0) is 24.5 Å². The average Bonchev–Trinajstić information content (AvgIpc) is 2.94. The minimum atomic E-state index is 0.331. The molecule has 0 amide bonds. The molecule has 0 bridgehead atoms. The molecular formula is C15H14N4OS. The Labute approximate surface area is 126 Å². The van der Waals surface area contributed by atoms with E-state index in [1.165, 1.54) is 16.1 Å². The van der Waals surface area contributed by atoms with Crippen molar-refractivity contribution in [2.75, 3.05) is 0 Å². The van der Waals surface area contributed by atoms with Gasteiger partial charge in [-0.1, -0.05) is 29.5 Å². The summed E-state index contributed by atoms with van der Waals surface area (Å²) in [7, 11) is 0. The number of tetrazole rings is 1. The zero-order valence-electron chi connectivity index (χ0n) is 11.3. The molecule has 1 aromatic rings. The van der Waals surface area contributed by atoms with E-state index in [2.05, 4.69) is 51.0 Å². The van der Waals surface area contributed by atoms with Crippen molar-refractivity contribution in [2.45, 2.75) is 24.5 Å². The average molecular weight is 298 g/mol. The molecule has 1 aliphatic heterocycles. The fourth-order valence-corrected chi connectivity index (χ4v) is 3.74. The van der Waals surface area contributed by atoms with Crippen molar-refractivity contribution in [1.29, 1.82) is 0 Å². The van der Waals surface area contributed by atoms with Gasteiger partial charge in [-0.25, -0.2) is 0 Å². The molecule has 6 heteroatoms. The first-order valence-corrected chi connectivity index (χ1v) is 7.80. The van der Waals surface area contributed by atoms with Gasteiger partial charge in [-0.15, -0.1) is 22.0 Å². The van der Waals surface area contributed by atoms with Gasteiger partial charge in [-0.3, -0.25) is 0 Å². The summed E-state index contributed by atoms with van der Waals surface area (Å²) >= 11 is 1.88. The molecule has 2 heterocycles. The second-order valence-corrected chi connectivity index (χ2v) is 6.32. The first-order valence-electron chi connectivity index (χ1n) is 6.93. The third kappa shape index (κ3) is 2.58. The summed E-state index contributed by atoms with van der Waals surface area (Å²) in [5.41, 5.74) is 2.35. The molecule has 0 aromatic carbocycles. The maximum Gasteiger partial charge on any atom is 0.178 e. The molecule has 0 saturated carbocycles. The molecule has 3 aliphatic rings. The molecule has 2 aliphatic carbocycles. The van der Waals surface area contributed by atoms with Crippen molar-refractivity contribution < 1.29 is 4.74 Å². The van der Waals surface area contributed by atoms with Crippen LogP contribution in [0.25, 0.3) is 0 Å². The van der Waals surface area contributed by atoms with Crippen molar-refractivity contribution in [3.63, 3.8) is 0 Å². The lowest BCUT2D eigenvalue weighted by Gasteiger charge is -2.18. The van der Waals surface area contributed by atoms with Crippen molar-refractivity contribution in [2.24, 2.45) is 0 Å². The Morgan fingerprint density at radius 2 is 2.38 bits per heavy atom. The van der Waals surface area contributed by atoms with Gasteiger partial charge in [0.15, 0.2) is 5.82 Å². The number of allylic oxidation sites excluding steroid dienone is 6. The molecule has 1 unspecified atom stereocenters. The summed E-state index contributed by atoms with van der Waals surface area (Å²) in [5, 5.41) is 14.4. The number of rotatable bonds is 2. The Kier molecular flexibility index (Phi) is 3.23. The SMILES string of the molecule is C1=CC2=C(CC1)SC1C=CC(Cc3nn[nH]n3)=CC1=CO2. The standard InChI is InChI=1S/C15H14N4OS/c1-2-4-14-12(3-1)20-9-11-7-10(5-6-13(11)21-14)8-15-16-18-19-17-15/h1,3,5-7,9,13H,2,4,8H2,(H,16,17,18,19). The maximum absolute atomic E-state index is 5.84. The molecule has 1 atom stereocenters. The lowest BCUT2D eigenvalue weighted by Crippen LogP contribution is -2.07. The van der Waals surface area contributed by atoms with Crippen LogP contribution in [0, 0.1) is 0 Å². The largest absolute Gasteiger partial charge is 0.464 e. The predicted molar refractivity (Wildman–Crippen MR) is 81.1 cm³/mol. The third-order valence-corrected chi connectivity index (χ3v) is 4.96. The van der Waals surface area contributed by atoms with E-state index in [0.29, 0.717) is 17.5 Å². The van der Waals surface area contributed by atoms with Crippen LogP contribution in [-0.4, -0.2) is 25.9 Å². The Morgan fingerprint density at radius 1 is 1.38 bits per heavy atom. The van der Waals surface area contributed by atoms with Crippen LogP contribution in [0.2, 0.25) is 0 Å². The van der Waals surface area contributed by atoms with E-state index in [-0.39, 0.29) is 0 Å². The lowest BCUT2D eigenvalue weighted by atomic mass is 10.00. The Morgan fingerprint density at radius 3 is 3.29 bits per heavy atom. The molecule has 4 rings (SSSR count). The Balaban J connectivity index is 1.57. The molecule has 5 nitrogen and oxygen atoms in total. The van der Waals surface area contributed by atoms with Gasteiger partial charge in [0.25, 0.3) is 0 Å². The first kappa shape index (κ1) is 12.6. The summed E-state index contributed by atoms with van der Waals surface area (Å²) in [6, 6.07) is 0. The van der Waals surface area contributed by atoms with Crippen LogP contribution in [0.5, 0.6) is 0 Å². The third-order valence-electron chi connectivity index (χ3n) is 3.59. The number of aromatic amines is 1.